The van der Waals surface area contributed by atoms with Gasteiger partial charge in [-0.1, -0.05) is 43.2 Å². The molecule has 0 spiro atoms. The maximum absolute atomic E-state index is 12.4. The number of rotatable bonds is 5. The molecule has 1 aliphatic carbocycles. The van der Waals surface area contributed by atoms with Crippen LogP contribution in [0.25, 0.3) is 0 Å². The van der Waals surface area contributed by atoms with Crippen LogP contribution in [0.5, 0.6) is 0 Å². The van der Waals surface area contributed by atoms with Gasteiger partial charge < -0.3 is 10.2 Å². The second-order valence-corrected chi connectivity index (χ2v) is 6.32. The van der Waals surface area contributed by atoms with Gasteiger partial charge in [0.2, 0.25) is 11.8 Å². The summed E-state index contributed by atoms with van der Waals surface area (Å²) in [6.07, 6.45) is 6.49. The highest BCUT2D eigenvalue weighted by molar-refractivity contribution is 5.91. The van der Waals surface area contributed by atoms with Gasteiger partial charge in [-0.25, -0.2) is 0 Å². The highest BCUT2D eigenvalue weighted by Crippen LogP contribution is 2.30. The summed E-state index contributed by atoms with van der Waals surface area (Å²) in [6, 6.07) is 10.2. The molecule has 2 aliphatic rings. The largest absolute Gasteiger partial charge is 0.354 e. The third kappa shape index (κ3) is 3.32. The molecule has 1 aromatic rings. The Labute approximate surface area is 131 Å². The maximum Gasteiger partial charge on any atom is 0.242 e. The maximum atomic E-state index is 12.4. The van der Waals surface area contributed by atoms with Crippen LogP contribution in [0.15, 0.2) is 30.3 Å². The molecular weight excluding hydrogens is 276 g/mol. The summed E-state index contributed by atoms with van der Waals surface area (Å²) in [6.45, 7) is 0.631. The molecule has 0 radical (unpaired) electrons. The van der Waals surface area contributed by atoms with Crippen LogP contribution in [-0.2, 0) is 16.0 Å². The van der Waals surface area contributed by atoms with Gasteiger partial charge >= 0.3 is 0 Å². The molecule has 118 valence electrons. The Balaban J connectivity index is 1.53. The van der Waals surface area contributed by atoms with Crippen LogP contribution < -0.4 is 5.32 Å². The summed E-state index contributed by atoms with van der Waals surface area (Å²) >= 11 is 0. The Morgan fingerprint density at radius 1 is 1.14 bits per heavy atom. The molecule has 2 amide bonds. The molecule has 1 N–H and O–H groups in total. The van der Waals surface area contributed by atoms with Crippen molar-refractivity contribution in [2.75, 3.05) is 6.54 Å². The van der Waals surface area contributed by atoms with E-state index in [1.165, 1.54) is 18.4 Å². The first-order valence-corrected chi connectivity index (χ1v) is 8.38. The molecule has 1 saturated carbocycles. The number of likely N-dealkylation sites (tertiary alicyclic amines) is 1. The number of benzene rings is 1. The monoisotopic (exact) mass is 300 g/mol. The highest BCUT2D eigenvalue weighted by Gasteiger charge is 2.40. The van der Waals surface area contributed by atoms with Gasteiger partial charge in [0.15, 0.2) is 0 Å². The molecule has 0 bridgehead atoms. The number of hydrogen-bond donors (Lipinski definition) is 1. The minimum absolute atomic E-state index is 0.0219. The van der Waals surface area contributed by atoms with Gasteiger partial charge in [-0.05, 0) is 31.2 Å². The van der Waals surface area contributed by atoms with Crippen LogP contribution in [0.1, 0.15) is 44.1 Å². The van der Waals surface area contributed by atoms with Crippen molar-refractivity contribution in [2.45, 2.75) is 57.0 Å². The van der Waals surface area contributed by atoms with Crippen LogP contribution in [0, 0.1) is 0 Å². The quantitative estimate of drug-likeness (QED) is 0.907. The van der Waals surface area contributed by atoms with Crippen molar-refractivity contribution in [1.29, 1.82) is 0 Å². The predicted octanol–water partition coefficient (Wildman–Crippen LogP) is 2.28. The van der Waals surface area contributed by atoms with Crippen LogP contribution in [0.3, 0.4) is 0 Å². The van der Waals surface area contributed by atoms with E-state index in [4.69, 9.17) is 0 Å². The molecule has 1 atom stereocenters. The smallest absolute Gasteiger partial charge is 0.242 e. The van der Waals surface area contributed by atoms with E-state index in [0.29, 0.717) is 25.4 Å². The molecule has 4 heteroatoms. The normalized spacial score (nSPS) is 22.3. The standard InChI is InChI=1S/C18H24N2O2/c21-17-11-10-16(20(17)15-8-4-5-9-15)18(22)19-13-12-14-6-2-1-3-7-14/h1-3,6-7,15-16H,4-5,8-13H2,(H,19,22). The molecular formula is C18H24N2O2. The van der Waals surface area contributed by atoms with Crippen LogP contribution in [0.4, 0.5) is 0 Å². The Morgan fingerprint density at radius 3 is 2.59 bits per heavy atom. The fourth-order valence-corrected chi connectivity index (χ4v) is 3.69. The van der Waals surface area contributed by atoms with Crippen molar-refractivity contribution >= 4 is 11.8 Å². The van der Waals surface area contributed by atoms with E-state index in [9.17, 15) is 9.59 Å². The molecule has 0 aromatic heterocycles. The van der Waals surface area contributed by atoms with E-state index in [0.717, 1.165) is 19.3 Å². The van der Waals surface area contributed by atoms with E-state index in [2.05, 4.69) is 17.4 Å². The Bertz CT molecular complexity index is 523. The number of nitrogens with one attached hydrogen (secondary N) is 1. The summed E-state index contributed by atoms with van der Waals surface area (Å²) in [5.74, 6) is 0.184. The Kier molecular flexibility index (Phi) is 4.76. The molecule has 1 heterocycles. The number of carbonyl (C=O) groups is 2. The second-order valence-electron chi connectivity index (χ2n) is 6.32. The van der Waals surface area contributed by atoms with E-state index in [1.807, 2.05) is 23.1 Å². The van der Waals surface area contributed by atoms with Gasteiger partial charge in [-0.15, -0.1) is 0 Å². The van der Waals surface area contributed by atoms with Crippen molar-refractivity contribution in [3.05, 3.63) is 35.9 Å². The third-order valence-corrected chi connectivity index (χ3v) is 4.83. The SMILES string of the molecule is O=C(NCCc1ccccc1)C1CCC(=O)N1C1CCCC1. The number of nitrogens with zero attached hydrogens (tertiary/aromatic N) is 1. The van der Waals surface area contributed by atoms with Crippen molar-refractivity contribution < 1.29 is 9.59 Å². The minimum atomic E-state index is -0.244. The van der Waals surface area contributed by atoms with Crippen molar-refractivity contribution in [1.82, 2.24) is 10.2 Å². The van der Waals surface area contributed by atoms with Gasteiger partial charge in [0.05, 0.1) is 0 Å². The molecule has 1 aliphatic heterocycles. The number of hydrogen-bond acceptors (Lipinski definition) is 2. The lowest BCUT2D eigenvalue weighted by Gasteiger charge is -2.30. The van der Waals surface area contributed by atoms with Crippen LogP contribution in [0.2, 0.25) is 0 Å². The van der Waals surface area contributed by atoms with Crippen LogP contribution in [-0.4, -0.2) is 35.3 Å². The van der Waals surface area contributed by atoms with Crippen molar-refractivity contribution in [3.63, 3.8) is 0 Å². The molecule has 1 saturated heterocycles. The van der Waals surface area contributed by atoms with E-state index >= 15 is 0 Å². The van der Waals surface area contributed by atoms with Crippen molar-refractivity contribution in [3.8, 4) is 0 Å². The molecule has 4 nitrogen and oxygen atoms in total. The van der Waals surface area contributed by atoms with Gasteiger partial charge in [0.1, 0.15) is 6.04 Å². The summed E-state index contributed by atoms with van der Waals surface area (Å²) in [5, 5.41) is 3.01. The predicted molar refractivity (Wildman–Crippen MR) is 85.3 cm³/mol. The van der Waals surface area contributed by atoms with E-state index in [1.54, 1.807) is 0 Å². The number of amides is 2. The third-order valence-electron chi connectivity index (χ3n) is 4.83. The molecule has 3 rings (SSSR count). The fraction of sp³-hybridized carbons (Fsp3) is 0.556. The van der Waals surface area contributed by atoms with E-state index in [-0.39, 0.29) is 17.9 Å². The Hall–Kier alpha value is -1.84. The average molecular weight is 300 g/mol. The average Bonchev–Trinajstić information content (AvgIpc) is 3.17. The topological polar surface area (TPSA) is 49.4 Å². The van der Waals surface area contributed by atoms with Crippen LogP contribution >= 0.6 is 0 Å². The zero-order valence-corrected chi connectivity index (χ0v) is 13.0. The molecule has 2 fully saturated rings. The number of carbonyl (C=O) groups excluding carboxylic acids is 2. The molecule has 22 heavy (non-hydrogen) atoms. The second kappa shape index (κ2) is 6.95. The zero-order valence-electron chi connectivity index (χ0n) is 13.0. The first kappa shape index (κ1) is 15.1. The minimum Gasteiger partial charge on any atom is -0.354 e. The first-order chi connectivity index (χ1) is 10.8. The van der Waals surface area contributed by atoms with E-state index < -0.39 is 0 Å². The van der Waals surface area contributed by atoms with Gasteiger partial charge in [-0.2, -0.15) is 0 Å². The highest BCUT2D eigenvalue weighted by atomic mass is 16.2. The lowest BCUT2D eigenvalue weighted by molar-refractivity contribution is -0.137. The Morgan fingerprint density at radius 2 is 1.86 bits per heavy atom. The summed E-state index contributed by atoms with van der Waals surface area (Å²) in [7, 11) is 0. The van der Waals surface area contributed by atoms with Gasteiger partial charge in [0.25, 0.3) is 0 Å². The molecule has 1 aromatic carbocycles. The van der Waals surface area contributed by atoms with Gasteiger partial charge in [-0.3, -0.25) is 9.59 Å². The summed E-state index contributed by atoms with van der Waals surface area (Å²) < 4.78 is 0. The summed E-state index contributed by atoms with van der Waals surface area (Å²) in [5.41, 5.74) is 1.22. The lowest BCUT2D eigenvalue weighted by atomic mass is 10.1. The van der Waals surface area contributed by atoms with Gasteiger partial charge in [0, 0.05) is 19.0 Å². The fourth-order valence-electron chi connectivity index (χ4n) is 3.69. The summed E-state index contributed by atoms with van der Waals surface area (Å²) in [4.78, 5) is 26.4. The first-order valence-electron chi connectivity index (χ1n) is 8.38. The molecule has 1 unspecified atom stereocenters. The van der Waals surface area contributed by atoms with Crippen molar-refractivity contribution in [2.24, 2.45) is 0 Å². The lowest BCUT2D eigenvalue weighted by Crippen LogP contribution is -2.49. The zero-order chi connectivity index (χ0) is 15.4.